The molecule has 0 radical (unpaired) electrons. The molecule has 3 rings (SSSR count). The van der Waals surface area contributed by atoms with Crippen LogP contribution in [0.15, 0.2) is 54.9 Å². The minimum absolute atomic E-state index is 0.187. The summed E-state index contributed by atoms with van der Waals surface area (Å²) in [7, 11) is 1.86. The zero-order chi connectivity index (χ0) is 16.9. The third-order valence-corrected chi connectivity index (χ3v) is 3.56. The summed E-state index contributed by atoms with van der Waals surface area (Å²) in [5.74, 6) is 1.25. The Balaban J connectivity index is 1.84. The Hall–Kier alpha value is -3.15. The Morgan fingerprint density at radius 3 is 2.58 bits per heavy atom. The number of hydrogen-bond acceptors (Lipinski definition) is 4. The molecule has 6 heteroatoms. The van der Waals surface area contributed by atoms with Crippen LogP contribution in [-0.4, -0.2) is 27.3 Å². The Morgan fingerprint density at radius 1 is 1.17 bits per heavy atom. The first-order chi connectivity index (χ1) is 11.7. The second kappa shape index (κ2) is 6.95. The smallest absolute Gasteiger partial charge is 0.255 e. The Bertz CT molecular complexity index is 840. The number of benzene rings is 2. The van der Waals surface area contributed by atoms with Crippen molar-refractivity contribution in [1.29, 1.82) is 0 Å². The van der Waals surface area contributed by atoms with E-state index in [4.69, 9.17) is 4.74 Å². The lowest BCUT2D eigenvalue weighted by atomic mass is 10.1. The summed E-state index contributed by atoms with van der Waals surface area (Å²) in [5, 5.41) is 10.9. The van der Waals surface area contributed by atoms with Crippen LogP contribution in [0.2, 0.25) is 0 Å². The second-order valence-electron chi connectivity index (χ2n) is 5.22. The number of aromatic nitrogens is 3. The first-order valence-electron chi connectivity index (χ1n) is 7.66. The van der Waals surface area contributed by atoms with E-state index in [1.54, 1.807) is 30.6 Å². The zero-order valence-corrected chi connectivity index (χ0v) is 13.6. The van der Waals surface area contributed by atoms with Crippen molar-refractivity contribution in [2.75, 3.05) is 11.9 Å². The van der Waals surface area contributed by atoms with E-state index < -0.39 is 0 Å². The first kappa shape index (κ1) is 15.7. The molecule has 24 heavy (non-hydrogen) atoms. The SMILES string of the molecule is CCOc1ccc(C(=O)Nc2ccccc2-c2nncn2C)cc1. The highest BCUT2D eigenvalue weighted by Gasteiger charge is 2.13. The van der Waals surface area contributed by atoms with E-state index in [0.29, 0.717) is 23.7 Å². The van der Waals surface area contributed by atoms with Gasteiger partial charge in [0.1, 0.15) is 12.1 Å². The molecule has 0 bridgehead atoms. The average Bonchev–Trinajstić information content (AvgIpc) is 3.02. The Labute approximate surface area is 140 Å². The molecule has 6 nitrogen and oxygen atoms in total. The first-order valence-corrected chi connectivity index (χ1v) is 7.66. The fourth-order valence-corrected chi connectivity index (χ4v) is 2.38. The van der Waals surface area contributed by atoms with Crippen molar-refractivity contribution in [1.82, 2.24) is 14.8 Å². The number of aryl methyl sites for hydroxylation is 1. The summed E-state index contributed by atoms with van der Waals surface area (Å²) < 4.78 is 7.20. The van der Waals surface area contributed by atoms with Crippen molar-refractivity contribution < 1.29 is 9.53 Å². The fraction of sp³-hybridized carbons (Fsp3) is 0.167. The number of nitrogens with one attached hydrogen (secondary N) is 1. The minimum Gasteiger partial charge on any atom is -0.494 e. The number of anilines is 1. The van der Waals surface area contributed by atoms with Gasteiger partial charge in [-0.15, -0.1) is 10.2 Å². The van der Waals surface area contributed by atoms with Gasteiger partial charge < -0.3 is 14.6 Å². The van der Waals surface area contributed by atoms with Crippen LogP contribution >= 0.6 is 0 Å². The number of ether oxygens (including phenoxy) is 1. The maximum absolute atomic E-state index is 12.5. The van der Waals surface area contributed by atoms with E-state index in [2.05, 4.69) is 15.5 Å². The molecule has 1 amide bonds. The maximum Gasteiger partial charge on any atom is 0.255 e. The topological polar surface area (TPSA) is 69.0 Å². The van der Waals surface area contributed by atoms with Crippen LogP contribution < -0.4 is 10.1 Å². The van der Waals surface area contributed by atoms with Crippen LogP contribution in [0.5, 0.6) is 5.75 Å². The molecule has 122 valence electrons. The molecule has 1 heterocycles. The van der Waals surface area contributed by atoms with Gasteiger partial charge in [0.25, 0.3) is 5.91 Å². The molecule has 0 aliphatic carbocycles. The Kier molecular flexibility index (Phi) is 4.56. The average molecular weight is 322 g/mol. The number of carbonyl (C=O) groups excluding carboxylic acids is 1. The highest BCUT2D eigenvalue weighted by molar-refractivity contribution is 6.06. The lowest BCUT2D eigenvalue weighted by Crippen LogP contribution is -2.13. The van der Waals surface area contributed by atoms with Crippen molar-refractivity contribution in [3.05, 3.63) is 60.4 Å². The number of rotatable bonds is 5. The summed E-state index contributed by atoms with van der Waals surface area (Å²) in [6.07, 6.45) is 1.63. The summed E-state index contributed by atoms with van der Waals surface area (Å²) >= 11 is 0. The van der Waals surface area contributed by atoms with E-state index in [9.17, 15) is 4.79 Å². The van der Waals surface area contributed by atoms with Gasteiger partial charge in [-0.2, -0.15) is 0 Å². The van der Waals surface area contributed by atoms with Crippen LogP contribution in [-0.2, 0) is 7.05 Å². The Morgan fingerprint density at radius 2 is 1.92 bits per heavy atom. The van der Waals surface area contributed by atoms with Crippen molar-refractivity contribution in [2.45, 2.75) is 6.92 Å². The highest BCUT2D eigenvalue weighted by Crippen LogP contribution is 2.26. The number of nitrogens with zero attached hydrogens (tertiary/aromatic N) is 3. The minimum atomic E-state index is -0.187. The summed E-state index contributed by atoms with van der Waals surface area (Å²) in [6, 6.07) is 14.6. The van der Waals surface area contributed by atoms with Crippen LogP contribution in [0.1, 0.15) is 17.3 Å². The number of amides is 1. The van der Waals surface area contributed by atoms with E-state index in [-0.39, 0.29) is 5.91 Å². The molecule has 1 aromatic heterocycles. The molecule has 0 saturated heterocycles. The van der Waals surface area contributed by atoms with Crippen LogP contribution in [0.25, 0.3) is 11.4 Å². The zero-order valence-electron chi connectivity index (χ0n) is 13.6. The highest BCUT2D eigenvalue weighted by atomic mass is 16.5. The summed E-state index contributed by atoms with van der Waals surface area (Å²) in [6.45, 7) is 2.51. The lowest BCUT2D eigenvalue weighted by molar-refractivity contribution is 0.102. The molecule has 0 unspecified atom stereocenters. The molecule has 0 spiro atoms. The summed E-state index contributed by atoms with van der Waals surface area (Å²) in [4.78, 5) is 12.5. The molecule has 0 saturated carbocycles. The van der Waals surface area contributed by atoms with Gasteiger partial charge in [-0.25, -0.2) is 0 Å². The van der Waals surface area contributed by atoms with Gasteiger partial charge >= 0.3 is 0 Å². The third-order valence-electron chi connectivity index (χ3n) is 3.56. The van der Waals surface area contributed by atoms with Crippen LogP contribution in [0.4, 0.5) is 5.69 Å². The monoisotopic (exact) mass is 322 g/mol. The normalized spacial score (nSPS) is 10.4. The second-order valence-corrected chi connectivity index (χ2v) is 5.22. The van der Waals surface area contributed by atoms with Crippen molar-refractivity contribution >= 4 is 11.6 Å². The molecule has 0 fully saturated rings. The molecular weight excluding hydrogens is 304 g/mol. The van der Waals surface area contributed by atoms with Gasteiger partial charge in [-0.3, -0.25) is 4.79 Å². The third kappa shape index (κ3) is 3.27. The van der Waals surface area contributed by atoms with Crippen molar-refractivity contribution in [3.63, 3.8) is 0 Å². The van der Waals surface area contributed by atoms with E-state index in [1.165, 1.54) is 0 Å². The molecule has 0 aliphatic heterocycles. The van der Waals surface area contributed by atoms with Crippen molar-refractivity contribution in [2.24, 2.45) is 7.05 Å². The number of hydrogen-bond donors (Lipinski definition) is 1. The number of para-hydroxylation sites is 1. The predicted molar refractivity (Wildman–Crippen MR) is 92.0 cm³/mol. The molecule has 3 aromatic rings. The van der Waals surface area contributed by atoms with Crippen LogP contribution in [0, 0.1) is 0 Å². The quantitative estimate of drug-likeness (QED) is 0.783. The van der Waals surface area contributed by atoms with Crippen LogP contribution in [0.3, 0.4) is 0 Å². The van der Waals surface area contributed by atoms with E-state index in [1.807, 2.05) is 42.8 Å². The van der Waals surface area contributed by atoms with Gasteiger partial charge in [0.05, 0.1) is 12.3 Å². The van der Waals surface area contributed by atoms with Gasteiger partial charge in [0.2, 0.25) is 0 Å². The standard InChI is InChI=1S/C18H18N4O2/c1-3-24-14-10-8-13(9-11-14)18(23)20-16-7-5-4-6-15(16)17-21-19-12-22(17)2/h4-12H,3H2,1-2H3,(H,20,23). The van der Waals surface area contributed by atoms with Gasteiger partial charge in [-0.1, -0.05) is 12.1 Å². The lowest BCUT2D eigenvalue weighted by Gasteiger charge is -2.11. The van der Waals surface area contributed by atoms with E-state index >= 15 is 0 Å². The summed E-state index contributed by atoms with van der Waals surface area (Å²) in [5.41, 5.74) is 2.07. The molecule has 0 atom stereocenters. The number of carbonyl (C=O) groups is 1. The molecule has 1 N–H and O–H groups in total. The van der Waals surface area contributed by atoms with Crippen molar-refractivity contribution in [3.8, 4) is 17.1 Å². The molecule has 0 aliphatic rings. The maximum atomic E-state index is 12.5. The van der Waals surface area contributed by atoms with Gasteiger partial charge in [0.15, 0.2) is 5.82 Å². The largest absolute Gasteiger partial charge is 0.494 e. The van der Waals surface area contributed by atoms with Gasteiger partial charge in [-0.05, 0) is 43.3 Å². The predicted octanol–water partition coefficient (Wildman–Crippen LogP) is 3.13. The van der Waals surface area contributed by atoms with Gasteiger partial charge in [0, 0.05) is 18.2 Å². The molecular formula is C18H18N4O2. The fourth-order valence-electron chi connectivity index (χ4n) is 2.38. The van der Waals surface area contributed by atoms with E-state index in [0.717, 1.165) is 11.3 Å². The molecule has 2 aromatic carbocycles.